The van der Waals surface area contributed by atoms with Gasteiger partial charge in [-0.1, -0.05) is 0 Å². The molecule has 0 atom stereocenters. The van der Waals surface area contributed by atoms with Gasteiger partial charge >= 0.3 is 0 Å². The van der Waals surface area contributed by atoms with Gasteiger partial charge in [-0.25, -0.2) is 4.98 Å². The van der Waals surface area contributed by atoms with E-state index in [2.05, 4.69) is 4.98 Å². The Balaban J connectivity index is 2.80. The first-order valence-corrected chi connectivity index (χ1v) is 6.55. The Morgan fingerprint density at radius 3 is 2.26 bits per heavy atom. The Bertz CT molecular complexity index is 609. The largest absolute Gasteiger partial charge is 0.493 e. The number of hydrogen-bond donors (Lipinski definition) is 1. The van der Waals surface area contributed by atoms with Gasteiger partial charge in [0.05, 0.1) is 18.6 Å². The molecular weight excluding hydrogens is 240 g/mol. The van der Waals surface area contributed by atoms with E-state index in [1.165, 1.54) is 0 Å². The number of anilines is 1. The summed E-state index contributed by atoms with van der Waals surface area (Å²) in [5.74, 6) is 1.50. The molecular formula is C15H20N2O2. The topological polar surface area (TPSA) is 57.4 Å². The second-order valence-corrected chi connectivity index (χ2v) is 4.39. The minimum absolute atomic E-state index is 0.593. The molecule has 4 heteroatoms. The average Bonchev–Trinajstić information content (AvgIpc) is 2.39. The maximum Gasteiger partial charge on any atom is 0.145 e. The fraction of sp³-hybridized carbons (Fsp3) is 0.400. The van der Waals surface area contributed by atoms with Gasteiger partial charge < -0.3 is 15.2 Å². The molecule has 0 unspecified atom stereocenters. The molecule has 1 heterocycles. The molecule has 2 N–H and O–H groups in total. The predicted molar refractivity (Wildman–Crippen MR) is 78.0 cm³/mol. The third-order valence-corrected chi connectivity index (χ3v) is 3.20. The predicted octanol–water partition coefficient (Wildman–Crippen LogP) is 3.23. The van der Waals surface area contributed by atoms with Crippen molar-refractivity contribution < 1.29 is 9.47 Å². The van der Waals surface area contributed by atoms with Gasteiger partial charge in [0.25, 0.3) is 0 Å². The highest BCUT2D eigenvalue weighted by Gasteiger charge is 2.15. The Morgan fingerprint density at radius 2 is 1.63 bits per heavy atom. The summed E-state index contributed by atoms with van der Waals surface area (Å²) in [7, 11) is 0. The van der Waals surface area contributed by atoms with Gasteiger partial charge in [0, 0.05) is 11.4 Å². The van der Waals surface area contributed by atoms with E-state index in [0.717, 1.165) is 33.7 Å². The van der Waals surface area contributed by atoms with Crippen molar-refractivity contribution in [1.29, 1.82) is 0 Å². The van der Waals surface area contributed by atoms with Gasteiger partial charge in [-0.15, -0.1) is 0 Å². The molecule has 0 bridgehead atoms. The van der Waals surface area contributed by atoms with Crippen LogP contribution < -0.4 is 15.2 Å². The quantitative estimate of drug-likeness (QED) is 0.917. The zero-order valence-electron chi connectivity index (χ0n) is 11.9. The molecule has 0 radical (unpaired) electrons. The van der Waals surface area contributed by atoms with Crippen LogP contribution in [0.1, 0.15) is 25.1 Å². The Kier molecular flexibility index (Phi) is 3.79. The van der Waals surface area contributed by atoms with Gasteiger partial charge in [-0.2, -0.15) is 0 Å². The van der Waals surface area contributed by atoms with Crippen LogP contribution in [0.15, 0.2) is 12.1 Å². The highest BCUT2D eigenvalue weighted by molar-refractivity contribution is 6.00. The Labute approximate surface area is 113 Å². The molecule has 1 aromatic carbocycles. The normalized spacial score (nSPS) is 10.7. The molecule has 0 aliphatic carbocycles. The van der Waals surface area contributed by atoms with Crippen molar-refractivity contribution in [3.63, 3.8) is 0 Å². The molecule has 0 saturated carbocycles. The lowest BCUT2D eigenvalue weighted by atomic mass is 10.1. The molecule has 1 aromatic heterocycles. The van der Waals surface area contributed by atoms with Gasteiger partial charge in [0.1, 0.15) is 17.0 Å². The number of rotatable bonds is 4. The van der Waals surface area contributed by atoms with Crippen LogP contribution in [0.5, 0.6) is 11.5 Å². The number of nitrogen functional groups attached to an aromatic ring is 1. The lowest BCUT2D eigenvalue weighted by molar-refractivity contribution is 0.336. The van der Waals surface area contributed by atoms with Crippen LogP contribution >= 0.6 is 0 Å². The summed E-state index contributed by atoms with van der Waals surface area (Å²) in [5.41, 5.74) is 9.63. The van der Waals surface area contributed by atoms with E-state index in [1.54, 1.807) is 0 Å². The molecule has 4 nitrogen and oxygen atoms in total. The number of hydrogen-bond acceptors (Lipinski definition) is 4. The molecule has 2 aromatic rings. The Morgan fingerprint density at radius 1 is 1.05 bits per heavy atom. The van der Waals surface area contributed by atoms with Crippen LogP contribution in [-0.2, 0) is 0 Å². The fourth-order valence-corrected chi connectivity index (χ4v) is 2.11. The summed E-state index contributed by atoms with van der Waals surface area (Å²) in [6.07, 6.45) is 0. The first kappa shape index (κ1) is 13.5. The second kappa shape index (κ2) is 5.34. The highest BCUT2D eigenvalue weighted by atomic mass is 16.5. The number of pyridine rings is 1. The summed E-state index contributed by atoms with van der Waals surface area (Å²) in [6.45, 7) is 9.01. The van der Waals surface area contributed by atoms with E-state index < -0.39 is 0 Å². The summed E-state index contributed by atoms with van der Waals surface area (Å²) >= 11 is 0. The van der Waals surface area contributed by atoms with Gasteiger partial charge in [0.15, 0.2) is 0 Å². The number of nitrogens with zero attached hydrogens (tertiary/aromatic N) is 1. The Hall–Kier alpha value is -1.97. The standard InChI is InChI=1S/C15H20N2O2/c1-5-18-11-7-8-12(19-6-2)15-13(11)14(16)9(3)10(4)17-15/h7-8H,5-6H2,1-4H3,(H2,16,17). The lowest BCUT2D eigenvalue weighted by Gasteiger charge is -2.15. The maximum atomic E-state index is 6.24. The van der Waals surface area contributed by atoms with Crippen LogP contribution in [0.2, 0.25) is 0 Å². The molecule has 19 heavy (non-hydrogen) atoms. The van der Waals surface area contributed by atoms with E-state index in [9.17, 15) is 0 Å². The van der Waals surface area contributed by atoms with Crippen molar-refractivity contribution in [2.45, 2.75) is 27.7 Å². The minimum atomic E-state index is 0.593. The van der Waals surface area contributed by atoms with Crippen molar-refractivity contribution >= 4 is 16.6 Å². The fourth-order valence-electron chi connectivity index (χ4n) is 2.11. The van der Waals surface area contributed by atoms with E-state index in [1.807, 2.05) is 39.8 Å². The SMILES string of the molecule is CCOc1ccc(OCC)c2c(N)c(C)c(C)nc12. The van der Waals surface area contributed by atoms with Crippen LogP contribution in [-0.4, -0.2) is 18.2 Å². The van der Waals surface area contributed by atoms with Crippen molar-refractivity contribution in [3.8, 4) is 11.5 Å². The molecule has 0 spiro atoms. The summed E-state index contributed by atoms with van der Waals surface area (Å²) in [6, 6.07) is 3.78. The first-order chi connectivity index (χ1) is 9.10. The van der Waals surface area contributed by atoms with Crippen molar-refractivity contribution in [2.24, 2.45) is 0 Å². The molecule has 102 valence electrons. The van der Waals surface area contributed by atoms with E-state index >= 15 is 0 Å². The highest BCUT2D eigenvalue weighted by Crippen LogP contribution is 2.38. The molecule has 0 saturated heterocycles. The van der Waals surface area contributed by atoms with Crippen LogP contribution in [0.25, 0.3) is 10.9 Å². The van der Waals surface area contributed by atoms with E-state index in [4.69, 9.17) is 15.2 Å². The third kappa shape index (κ3) is 2.30. The zero-order valence-corrected chi connectivity index (χ0v) is 11.9. The molecule has 0 aliphatic heterocycles. The van der Waals surface area contributed by atoms with Gasteiger partial charge in [-0.05, 0) is 45.4 Å². The molecule has 2 rings (SSSR count). The number of benzene rings is 1. The smallest absolute Gasteiger partial charge is 0.145 e. The zero-order chi connectivity index (χ0) is 14.0. The minimum Gasteiger partial charge on any atom is -0.493 e. The molecule has 0 fully saturated rings. The number of fused-ring (bicyclic) bond motifs is 1. The first-order valence-electron chi connectivity index (χ1n) is 6.55. The maximum absolute atomic E-state index is 6.24. The second-order valence-electron chi connectivity index (χ2n) is 4.39. The van der Waals surface area contributed by atoms with E-state index in [-0.39, 0.29) is 0 Å². The average molecular weight is 260 g/mol. The van der Waals surface area contributed by atoms with Gasteiger partial charge in [-0.3, -0.25) is 0 Å². The summed E-state index contributed by atoms with van der Waals surface area (Å²) in [4.78, 5) is 4.61. The van der Waals surface area contributed by atoms with Crippen molar-refractivity contribution in [1.82, 2.24) is 4.98 Å². The van der Waals surface area contributed by atoms with Crippen LogP contribution in [0.4, 0.5) is 5.69 Å². The number of aromatic nitrogens is 1. The van der Waals surface area contributed by atoms with Gasteiger partial charge in [0.2, 0.25) is 0 Å². The van der Waals surface area contributed by atoms with Crippen LogP contribution in [0.3, 0.4) is 0 Å². The van der Waals surface area contributed by atoms with Crippen molar-refractivity contribution in [2.75, 3.05) is 18.9 Å². The molecule has 0 aliphatic rings. The number of aryl methyl sites for hydroxylation is 1. The van der Waals surface area contributed by atoms with Crippen LogP contribution in [0, 0.1) is 13.8 Å². The van der Waals surface area contributed by atoms with Crippen molar-refractivity contribution in [3.05, 3.63) is 23.4 Å². The number of nitrogens with two attached hydrogens (primary N) is 1. The third-order valence-electron chi connectivity index (χ3n) is 3.20. The van der Waals surface area contributed by atoms with E-state index in [0.29, 0.717) is 18.9 Å². The summed E-state index contributed by atoms with van der Waals surface area (Å²) < 4.78 is 11.3. The summed E-state index contributed by atoms with van der Waals surface area (Å²) in [5, 5.41) is 0.843. The lowest BCUT2D eigenvalue weighted by Crippen LogP contribution is -2.03. The monoisotopic (exact) mass is 260 g/mol. The number of ether oxygens (including phenoxy) is 2. The molecule has 0 amide bonds.